The van der Waals surface area contributed by atoms with Crippen LogP contribution in [-0.2, 0) is 0 Å². The third-order valence-electron chi connectivity index (χ3n) is 1.39. The molecule has 0 aliphatic heterocycles. The Kier molecular flexibility index (Phi) is 6.07. The lowest BCUT2D eigenvalue weighted by molar-refractivity contribution is 0.260. The second kappa shape index (κ2) is 6.65. The lowest BCUT2D eigenvalue weighted by Crippen LogP contribution is -2.31. The minimum atomic E-state index is 0.112. The predicted molar refractivity (Wildman–Crippen MR) is 47.5 cm³/mol. The highest BCUT2D eigenvalue weighted by Gasteiger charge is 2.03. The smallest absolute Gasteiger partial charge is 0.0991 e. The van der Waals surface area contributed by atoms with Crippen LogP contribution in [0.15, 0.2) is 12.3 Å². The number of hydrogen-bond acceptors (Lipinski definition) is 4. The Morgan fingerprint density at radius 1 is 1.58 bits per heavy atom. The molecule has 0 bridgehead atoms. The highest BCUT2D eigenvalue weighted by atomic mass is 16.3. The van der Waals surface area contributed by atoms with Crippen LogP contribution >= 0.6 is 0 Å². The third kappa shape index (κ3) is 5.71. The van der Waals surface area contributed by atoms with Gasteiger partial charge in [-0.05, 0) is 0 Å². The molecule has 0 aromatic carbocycles. The molecule has 12 heavy (non-hydrogen) atoms. The number of rotatable bonds is 6. The van der Waals surface area contributed by atoms with Crippen molar-refractivity contribution >= 4 is 0 Å². The monoisotopic (exact) mass is 169 g/mol. The van der Waals surface area contributed by atoms with Gasteiger partial charge in [-0.25, -0.2) is 0 Å². The fourth-order valence-electron chi connectivity index (χ4n) is 0.919. The third-order valence-corrected chi connectivity index (χ3v) is 1.39. The Morgan fingerprint density at radius 2 is 2.25 bits per heavy atom. The molecule has 0 saturated heterocycles. The van der Waals surface area contributed by atoms with Gasteiger partial charge in [0.25, 0.3) is 0 Å². The molecule has 68 valence electrons. The Labute approximate surface area is 72.9 Å². The number of aliphatic hydroxyl groups excluding tert-OH is 1. The highest BCUT2D eigenvalue weighted by molar-refractivity contribution is 4.85. The van der Waals surface area contributed by atoms with E-state index in [1.807, 2.05) is 11.0 Å². The van der Waals surface area contributed by atoms with E-state index in [9.17, 15) is 0 Å². The van der Waals surface area contributed by atoms with Gasteiger partial charge in [0.1, 0.15) is 0 Å². The van der Waals surface area contributed by atoms with Gasteiger partial charge in [0.2, 0.25) is 0 Å². The van der Waals surface area contributed by atoms with E-state index in [0.717, 1.165) is 0 Å². The van der Waals surface area contributed by atoms with E-state index in [0.29, 0.717) is 32.6 Å². The summed E-state index contributed by atoms with van der Waals surface area (Å²) in [4.78, 5) is 1.89. The Bertz CT molecular complexity index is 174. The van der Waals surface area contributed by atoms with Gasteiger partial charge in [-0.2, -0.15) is 5.26 Å². The van der Waals surface area contributed by atoms with Crippen molar-refractivity contribution in [3.8, 4) is 6.07 Å². The number of nitrogens with two attached hydrogens (primary N) is 1. The SMILES string of the molecule is C=C(O)CN(CCN)CCC#N. The van der Waals surface area contributed by atoms with Crippen molar-refractivity contribution in [1.29, 1.82) is 5.26 Å². The van der Waals surface area contributed by atoms with Crippen LogP contribution in [0.2, 0.25) is 0 Å². The van der Waals surface area contributed by atoms with Crippen molar-refractivity contribution in [1.82, 2.24) is 4.90 Å². The van der Waals surface area contributed by atoms with Crippen molar-refractivity contribution in [2.45, 2.75) is 6.42 Å². The first-order chi connectivity index (χ1) is 5.70. The minimum absolute atomic E-state index is 0.112. The molecule has 0 fully saturated rings. The van der Waals surface area contributed by atoms with Gasteiger partial charge in [-0.1, -0.05) is 6.58 Å². The average Bonchev–Trinajstić information content (AvgIpc) is 2.00. The molecule has 4 nitrogen and oxygen atoms in total. The van der Waals surface area contributed by atoms with Crippen molar-refractivity contribution in [2.24, 2.45) is 5.73 Å². The van der Waals surface area contributed by atoms with E-state index in [1.165, 1.54) is 0 Å². The Morgan fingerprint density at radius 3 is 2.67 bits per heavy atom. The first kappa shape index (κ1) is 11.0. The summed E-state index contributed by atoms with van der Waals surface area (Å²) in [6, 6.07) is 2.04. The molecule has 0 unspecified atom stereocenters. The molecule has 0 rings (SSSR count). The second-order valence-corrected chi connectivity index (χ2v) is 2.54. The van der Waals surface area contributed by atoms with Crippen molar-refractivity contribution in [3.05, 3.63) is 12.3 Å². The molecular weight excluding hydrogens is 154 g/mol. The molecular formula is C8H15N3O. The van der Waals surface area contributed by atoms with E-state index in [4.69, 9.17) is 16.1 Å². The van der Waals surface area contributed by atoms with Crippen LogP contribution in [0, 0.1) is 11.3 Å². The van der Waals surface area contributed by atoms with Crippen LogP contribution in [0.5, 0.6) is 0 Å². The maximum Gasteiger partial charge on any atom is 0.0991 e. The molecule has 0 amide bonds. The maximum atomic E-state index is 8.89. The number of nitrogens with zero attached hydrogens (tertiary/aromatic N) is 2. The zero-order valence-electron chi connectivity index (χ0n) is 7.16. The van der Waals surface area contributed by atoms with Crippen LogP contribution < -0.4 is 5.73 Å². The zero-order valence-corrected chi connectivity index (χ0v) is 7.16. The fraction of sp³-hybridized carbons (Fsp3) is 0.625. The van der Waals surface area contributed by atoms with Crippen LogP contribution in [0.25, 0.3) is 0 Å². The van der Waals surface area contributed by atoms with Crippen LogP contribution in [-0.4, -0.2) is 36.2 Å². The zero-order chi connectivity index (χ0) is 9.40. The Hall–Kier alpha value is -1.05. The van der Waals surface area contributed by atoms with E-state index >= 15 is 0 Å². The van der Waals surface area contributed by atoms with Gasteiger partial charge in [0.15, 0.2) is 0 Å². The molecule has 0 aromatic rings. The van der Waals surface area contributed by atoms with Gasteiger partial charge in [0, 0.05) is 26.1 Å². The van der Waals surface area contributed by atoms with E-state index in [1.54, 1.807) is 0 Å². The maximum absolute atomic E-state index is 8.89. The average molecular weight is 169 g/mol. The summed E-state index contributed by atoms with van der Waals surface area (Å²) in [5, 5.41) is 17.2. The molecule has 3 N–H and O–H groups in total. The van der Waals surface area contributed by atoms with Crippen LogP contribution in [0.3, 0.4) is 0 Å². The van der Waals surface area contributed by atoms with Crippen LogP contribution in [0.4, 0.5) is 0 Å². The van der Waals surface area contributed by atoms with E-state index < -0.39 is 0 Å². The largest absolute Gasteiger partial charge is 0.512 e. The fourth-order valence-corrected chi connectivity index (χ4v) is 0.919. The predicted octanol–water partition coefficient (Wildman–Crippen LogP) is 0.232. The molecule has 0 aromatic heterocycles. The minimum Gasteiger partial charge on any atom is -0.512 e. The van der Waals surface area contributed by atoms with Gasteiger partial charge in [-0.15, -0.1) is 0 Å². The van der Waals surface area contributed by atoms with Crippen molar-refractivity contribution in [3.63, 3.8) is 0 Å². The molecule has 0 aliphatic carbocycles. The summed E-state index contributed by atoms with van der Waals surface area (Å²) < 4.78 is 0. The van der Waals surface area contributed by atoms with Gasteiger partial charge >= 0.3 is 0 Å². The first-order valence-corrected chi connectivity index (χ1v) is 3.86. The standard InChI is InChI=1S/C8H15N3O/c1-8(12)7-11(6-4-10)5-2-3-9/h12H,1-2,4-7,10H2. The van der Waals surface area contributed by atoms with E-state index in [-0.39, 0.29) is 5.76 Å². The lowest BCUT2D eigenvalue weighted by atomic mass is 10.3. The molecule has 0 aliphatic rings. The first-order valence-electron chi connectivity index (χ1n) is 3.86. The summed E-state index contributed by atoms with van der Waals surface area (Å²) >= 11 is 0. The summed E-state index contributed by atoms with van der Waals surface area (Å²) in [5.41, 5.74) is 5.34. The molecule has 0 atom stereocenters. The molecule has 0 spiro atoms. The molecule has 4 heteroatoms. The van der Waals surface area contributed by atoms with Gasteiger partial charge < -0.3 is 10.8 Å². The molecule has 0 saturated carbocycles. The van der Waals surface area contributed by atoms with Crippen LogP contribution in [0.1, 0.15) is 6.42 Å². The topological polar surface area (TPSA) is 73.3 Å². The van der Waals surface area contributed by atoms with Crippen molar-refractivity contribution in [2.75, 3.05) is 26.2 Å². The quantitative estimate of drug-likeness (QED) is 0.558. The van der Waals surface area contributed by atoms with Gasteiger partial charge in [0.05, 0.1) is 18.4 Å². The summed E-state index contributed by atoms with van der Waals surface area (Å²) in [7, 11) is 0. The number of aliphatic hydroxyl groups is 1. The van der Waals surface area contributed by atoms with Crippen molar-refractivity contribution < 1.29 is 5.11 Å². The summed E-state index contributed by atoms with van der Waals surface area (Å²) in [6.07, 6.45) is 0.452. The summed E-state index contributed by atoms with van der Waals surface area (Å²) in [5.74, 6) is 0.112. The van der Waals surface area contributed by atoms with Gasteiger partial charge in [-0.3, -0.25) is 4.90 Å². The summed E-state index contributed by atoms with van der Waals surface area (Å²) in [6.45, 7) is 5.62. The normalized spacial score (nSPS) is 9.75. The molecule has 0 heterocycles. The number of hydrogen-bond donors (Lipinski definition) is 2. The second-order valence-electron chi connectivity index (χ2n) is 2.54. The molecule has 0 radical (unpaired) electrons. The number of nitriles is 1. The lowest BCUT2D eigenvalue weighted by Gasteiger charge is -2.18. The Balaban J connectivity index is 3.70. The highest BCUT2D eigenvalue weighted by Crippen LogP contribution is 1.94. The van der Waals surface area contributed by atoms with E-state index in [2.05, 4.69) is 6.58 Å².